The van der Waals surface area contributed by atoms with Crippen LogP contribution in [-0.2, 0) is 0 Å². The van der Waals surface area contributed by atoms with Crippen LogP contribution in [0.2, 0.25) is 0 Å². The highest BCUT2D eigenvalue weighted by atomic mass is 15.1. The summed E-state index contributed by atoms with van der Waals surface area (Å²) in [5.41, 5.74) is 1.31. The molecule has 0 radical (unpaired) electrons. The summed E-state index contributed by atoms with van der Waals surface area (Å²) in [6, 6.07) is 4.72. The lowest BCUT2D eigenvalue weighted by molar-refractivity contribution is 0.197. The third-order valence-electron chi connectivity index (χ3n) is 3.68. The fraction of sp³-hybridized carbons (Fsp3) is 0.692. The molecule has 0 amide bonds. The molecule has 0 spiro atoms. The zero-order valence-electron chi connectivity index (χ0n) is 10.4. The highest BCUT2D eigenvalue weighted by Gasteiger charge is 2.18. The zero-order chi connectivity index (χ0) is 11.4. The van der Waals surface area contributed by atoms with Gasteiger partial charge < -0.3 is 10.3 Å². The molecule has 0 saturated carbocycles. The maximum absolute atomic E-state index is 3.48. The molecule has 3 heteroatoms. The van der Waals surface area contributed by atoms with E-state index in [0.717, 1.165) is 5.92 Å². The highest BCUT2D eigenvalue weighted by Crippen LogP contribution is 2.19. The first-order valence-corrected chi connectivity index (χ1v) is 6.31. The van der Waals surface area contributed by atoms with Gasteiger partial charge in [-0.2, -0.15) is 0 Å². The Balaban J connectivity index is 1.84. The predicted molar refractivity (Wildman–Crippen MR) is 67.4 cm³/mol. The van der Waals surface area contributed by atoms with E-state index in [2.05, 4.69) is 41.3 Å². The Morgan fingerprint density at radius 2 is 2.44 bits per heavy atom. The van der Waals surface area contributed by atoms with Gasteiger partial charge in [-0.05, 0) is 58.0 Å². The molecule has 2 N–H and O–H groups in total. The summed E-state index contributed by atoms with van der Waals surface area (Å²) in [5, 5.41) is 3.48. The topological polar surface area (TPSA) is 31.1 Å². The van der Waals surface area contributed by atoms with Gasteiger partial charge in [-0.15, -0.1) is 0 Å². The Kier molecular flexibility index (Phi) is 4.02. The van der Waals surface area contributed by atoms with Crippen LogP contribution in [-0.4, -0.2) is 36.6 Å². The second kappa shape index (κ2) is 5.51. The Morgan fingerprint density at radius 1 is 1.56 bits per heavy atom. The number of hydrogen-bond donors (Lipinski definition) is 2. The van der Waals surface area contributed by atoms with Gasteiger partial charge in [0, 0.05) is 24.5 Å². The van der Waals surface area contributed by atoms with Crippen LogP contribution in [0.1, 0.15) is 31.5 Å². The van der Waals surface area contributed by atoms with E-state index in [0.29, 0.717) is 6.04 Å². The maximum atomic E-state index is 3.48. The molecule has 0 aliphatic carbocycles. The van der Waals surface area contributed by atoms with Crippen LogP contribution >= 0.6 is 0 Å². The van der Waals surface area contributed by atoms with Crippen molar-refractivity contribution in [2.24, 2.45) is 5.92 Å². The lowest BCUT2D eigenvalue weighted by Gasteiger charge is -2.31. The number of aromatic nitrogens is 1. The molecule has 0 unspecified atom stereocenters. The maximum Gasteiger partial charge on any atom is 0.0467 e. The fourth-order valence-corrected chi connectivity index (χ4v) is 2.49. The van der Waals surface area contributed by atoms with Gasteiger partial charge in [0.25, 0.3) is 0 Å². The van der Waals surface area contributed by atoms with Crippen LogP contribution in [0.25, 0.3) is 0 Å². The molecule has 3 nitrogen and oxygen atoms in total. The SMILES string of the molecule is C[C@@H](c1ccc[nH]1)N(C)C[C@H]1CCCNC1. The predicted octanol–water partition coefficient (Wildman–Crippen LogP) is 2.01. The number of rotatable bonds is 4. The van der Waals surface area contributed by atoms with Crippen LogP contribution < -0.4 is 5.32 Å². The van der Waals surface area contributed by atoms with Crippen LogP contribution in [0.15, 0.2) is 18.3 Å². The van der Waals surface area contributed by atoms with Gasteiger partial charge in [0.2, 0.25) is 0 Å². The van der Waals surface area contributed by atoms with E-state index in [1.54, 1.807) is 0 Å². The molecule has 2 atom stereocenters. The first-order chi connectivity index (χ1) is 7.77. The number of nitrogens with zero attached hydrogens (tertiary/aromatic N) is 1. The van der Waals surface area contributed by atoms with Crippen molar-refractivity contribution in [3.8, 4) is 0 Å². The Morgan fingerprint density at radius 3 is 3.06 bits per heavy atom. The number of nitrogens with one attached hydrogen (secondary N) is 2. The van der Waals surface area contributed by atoms with Crippen molar-refractivity contribution in [3.63, 3.8) is 0 Å². The van der Waals surface area contributed by atoms with E-state index < -0.39 is 0 Å². The fourth-order valence-electron chi connectivity index (χ4n) is 2.49. The van der Waals surface area contributed by atoms with Crippen LogP contribution in [0.5, 0.6) is 0 Å². The molecule has 16 heavy (non-hydrogen) atoms. The number of hydrogen-bond acceptors (Lipinski definition) is 2. The van der Waals surface area contributed by atoms with E-state index in [1.807, 2.05) is 6.20 Å². The quantitative estimate of drug-likeness (QED) is 0.815. The van der Waals surface area contributed by atoms with Crippen LogP contribution in [0.4, 0.5) is 0 Å². The summed E-state index contributed by atoms with van der Waals surface area (Å²) >= 11 is 0. The molecule has 1 aliphatic rings. The summed E-state index contributed by atoms with van der Waals surface area (Å²) in [6.45, 7) is 5.84. The second-order valence-corrected chi connectivity index (χ2v) is 4.95. The summed E-state index contributed by atoms with van der Waals surface area (Å²) < 4.78 is 0. The molecule has 1 aliphatic heterocycles. The lowest BCUT2D eigenvalue weighted by atomic mass is 9.98. The molecule has 90 valence electrons. The Hall–Kier alpha value is -0.800. The minimum absolute atomic E-state index is 0.483. The van der Waals surface area contributed by atoms with Gasteiger partial charge in [-0.3, -0.25) is 4.90 Å². The van der Waals surface area contributed by atoms with Crippen molar-refractivity contribution in [2.75, 3.05) is 26.7 Å². The van der Waals surface area contributed by atoms with E-state index in [4.69, 9.17) is 0 Å². The number of piperidine rings is 1. The third kappa shape index (κ3) is 2.86. The molecule has 1 aromatic heterocycles. The average molecular weight is 221 g/mol. The first-order valence-electron chi connectivity index (χ1n) is 6.31. The van der Waals surface area contributed by atoms with Crippen molar-refractivity contribution in [1.29, 1.82) is 0 Å². The molecular weight excluding hydrogens is 198 g/mol. The lowest BCUT2D eigenvalue weighted by Crippen LogP contribution is -2.37. The van der Waals surface area contributed by atoms with Gasteiger partial charge in [0.1, 0.15) is 0 Å². The second-order valence-electron chi connectivity index (χ2n) is 4.95. The molecular formula is C13H23N3. The van der Waals surface area contributed by atoms with Gasteiger partial charge in [0.05, 0.1) is 0 Å². The van der Waals surface area contributed by atoms with Crippen molar-refractivity contribution in [2.45, 2.75) is 25.8 Å². The molecule has 2 heterocycles. The zero-order valence-corrected chi connectivity index (χ0v) is 10.4. The summed E-state index contributed by atoms with van der Waals surface area (Å²) in [5.74, 6) is 0.816. The molecule has 2 rings (SSSR count). The molecule has 0 aromatic carbocycles. The monoisotopic (exact) mass is 221 g/mol. The van der Waals surface area contributed by atoms with E-state index >= 15 is 0 Å². The number of aromatic amines is 1. The van der Waals surface area contributed by atoms with Crippen molar-refractivity contribution in [1.82, 2.24) is 15.2 Å². The smallest absolute Gasteiger partial charge is 0.0467 e. The van der Waals surface area contributed by atoms with Gasteiger partial charge in [-0.1, -0.05) is 0 Å². The summed E-state index contributed by atoms with van der Waals surface area (Å²) in [6.07, 6.45) is 4.70. The summed E-state index contributed by atoms with van der Waals surface area (Å²) in [7, 11) is 2.22. The highest BCUT2D eigenvalue weighted by molar-refractivity contribution is 5.08. The minimum Gasteiger partial charge on any atom is -0.364 e. The normalized spacial score (nSPS) is 23.6. The van der Waals surface area contributed by atoms with E-state index in [9.17, 15) is 0 Å². The third-order valence-corrected chi connectivity index (χ3v) is 3.68. The van der Waals surface area contributed by atoms with Crippen LogP contribution in [0.3, 0.4) is 0 Å². The Bertz CT molecular complexity index is 288. The first kappa shape index (κ1) is 11.7. The van der Waals surface area contributed by atoms with Crippen molar-refractivity contribution in [3.05, 3.63) is 24.0 Å². The molecule has 1 aromatic rings. The van der Waals surface area contributed by atoms with Crippen molar-refractivity contribution >= 4 is 0 Å². The van der Waals surface area contributed by atoms with Gasteiger partial charge >= 0.3 is 0 Å². The average Bonchev–Trinajstić information content (AvgIpc) is 2.83. The largest absolute Gasteiger partial charge is 0.364 e. The molecule has 0 bridgehead atoms. The molecule has 1 fully saturated rings. The van der Waals surface area contributed by atoms with Gasteiger partial charge in [-0.25, -0.2) is 0 Å². The van der Waals surface area contributed by atoms with Crippen molar-refractivity contribution < 1.29 is 0 Å². The standard InChI is InChI=1S/C13H23N3/c1-11(13-6-4-8-15-13)16(2)10-12-5-3-7-14-9-12/h4,6,8,11-12,14-15H,3,5,7,9-10H2,1-2H3/t11-,12-/m0/s1. The van der Waals surface area contributed by atoms with Crippen LogP contribution in [0, 0.1) is 5.92 Å². The van der Waals surface area contributed by atoms with Gasteiger partial charge in [0.15, 0.2) is 0 Å². The minimum atomic E-state index is 0.483. The van der Waals surface area contributed by atoms with E-state index in [-0.39, 0.29) is 0 Å². The molecule has 1 saturated heterocycles. The summed E-state index contributed by atoms with van der Waals surface area (Å²) in [4.78, 5) is 5.75. The van der Waals surface area contributed by atoms with E-state index in [1.165, 1.54) is 38.2 Å². The Labute approximate surface area is 98.2 Å². The number of H-pyrrole nitrogens is 1.